The summed E-state index contributed by atoms with van der Waals surface area (Å²) < 4.78 is 0. The van der Waals surface area contributed by atoms with Crippen LogP contribution in [0.2, 0.25) is 0 Å². The fourth-order valence-electron chi connectivity index (χ4n) is 4.09. The van der Waals surface area contributed by atoms with Gasteiger partial charge in [0.25, 0.3) is 0 Å². The number of halogens is 2. The zero-order chi connectivity index (χ0) is 19.8. The second-order valence-corrected chi connectivity index (χ2v) is 10.4. The molecule has 28 heavy (non-hydrogen) atoms. The largest absolute Gasteiger partial charge is 0.297 e. The van der Waals surface area contributed by atoms with Crippen LogP contribution in [0, 0.1) is 0 Å². The van der Waals surface area contributed by atoms with Crippen LogP contribution in [-0.2, 0) is 22.7 Å². The first-order valence-electron chi connectivity index (χ1n) is 10.7. The van der Waals surface area contributed by atoms with Gasteiger partial charge in [-0.15, -0.1) is 23.2 Å². The molecule has 2 aromatic carbocycles. The average Bonchev–Trinajstić information content (AvgIpc) is 3.61. The van der Waals surface area contributed by atoms with Crippen LogP contribution >= 0.6 is 23.2 Å². The third-order valence-corrected chi connectivity index (χ3v) is 7.46. The van der Waals surface area contributed by atoms with E-state index in [2.05, 4.69) is 67.3 Å². The van der Waals surface area contributed by atoms with Gasteiger partial charge in [-0.3, -0.25) is 4.90 Å². The molecule has 4 rings (SSSR count). The quantitative estimate of drug-likeness (QED) is 0.399. The molecule has 0 N–H and O–H groups in total. The second-order valence-electron chi connectivity index (χ2n) is 8.96. The molecule has 0 heterocycles. The number of rotatable bonds is 9. The summed E-state index contributed by atoms with van der Waals surface area (Å²) in [5, 5.41) is 0. The Balaban J connectivity index is 1.40. The first kappa shape index (κ1) is 20.3. The molecule has 2 aromatic rings. The predicted molar refractivity (Wildman–Crippen MR) is 120 cm³/mol. The lowest BCUT2D eigenvalue weighted by molar-refractivity contribution is 0.210. The number of hydrogen-bond acceptors (Lipinski definition) is 1. The van der Waals surface area contributed by atoms with Crippen LogP contribution < -0.4 is 0 Å². The monoisotopic (exact) mass is 415 g/mol. The van der Waals surface area contributed by atoms with Crippen LogP contribution in [0.15, 0.2) is 48.5 Å². The van der Waals surface area contributed by atoms with Crippen molar-refractivity contribution in [3.05, 3.63) is 70.8 Å². The van der Waals surface area contributed by atoms with Crippen LogP contribution in [0.1, 0.15) is 68.2 Å². The summed E-state index contributed by atoms with van der Waals surface area (Å²) in [6, 6.07) is 18.2. The van der Waals surface area contributed by atoms with E-state index in [1.54, 1.807) is 0 Å². The van der Waals surface area contributed by atoms with Gasteiger partial charge in [0.05, 0.1) is 9.75 Å². The third-order valence-electron chi connectivity index (χ3n) is 6.30. The van der Waals surface area contributed by atoms with Crippen LogP contribution in [0.3, 0.4) is 0 Å². The molecule has 0 unspecified atom stereocenters. The van der Waals surface area contributed by atoms with Gasteiger partial charge in [-0.1, -0.05) is 48.5 Å². The van der Waals surface area contributed by atoms with Crippen molar-refractivity contribution >= 4 is 23.2 Å². The van der Waals surface area contributed by atoms with Crippen molar-refractivity contribution in [2.45, 2.75) is 74.7 Å². The summed E-state index contributed by atoms with van der Waals surface area (Å²) in [4.78, 5) is 2.28. The van der Waals surface area contributed by atoms with E-state index in [-0.39, 0.29) is 9.75 Å². The van der Waals surface area contributed by atoms with Crippen molar-refractivity contribution < 1.29 is 0 Å². The Morgan fingerprint density at radius 2 is 1.50 bits per heavy atom. The summed E-state index contributed by atoms with van der Waals surface area (Å²) in [6.45, 7) is 6.70. The van der Waals surface area contributed by atoms with E-state index in [1.165, 1.54) is 22.3 Å². The van der Waals surface area contributed by atoms with Crippen LogP contribution in [-0.4, -0.2) is 17.5 Å². The summed E-state index contributed by atoms with van der Waals surface area (Å²) in [5.41, 5.74) is 5.38. The summed E-state index contributed by atoms with van der Waals surface area (Å²) in [7, 11) is 0. The highest BCUT2D eigenvalue weighted by Gasteiger charge is 2.50. The number of hydrogen-bond donors (Lipinski definition) is 0. The van der Waals surface area contributed by atoms with E-state index < -0.39 is 0 Å². The molecule has 2 fully saturated rings. The molecule has 1 nitrogen and oxygen atoms in total. The SMILES string of the molecule is CC(C)N(CCCc1ccc(C2(Cl)CC2)c(C2(Cl)CC2)c1)Cc1ccccc1. The average molecular weight is 416 g/mol. The fraction of sp³-hybridized carbons (Fsp3) is 0.520. The summed E-state index contributed by atoms with van der Waals surface area (Å²) in [6.07, 6.45) is 6.57. The minimum Gasteiger partial charge on any atom is -0.297 e. The molecule has 0 saturated heterocycles. The maximum atomic E-state index is 6.83. The van der Waals surface area contributed by atoms with Crippen LogP contribution in [0.25, 0.3) is 0 Å². The topological polar surface area (TPSA) is 3.24 Å². The highest BCUT2D eigenvalue weighted by Crippen LogP contribution is 2.60. The minimum absolute atomic E-state index is 0.136. The van der Waals surface area contributed by atoms with Gasteiger partial charge >= 0.3 is 0 Å². The van der Waals surface area contributed by atoms with E-state index in [9.17, 15) is 0 Å². The van der Waals surface area contributed by atoms with Gasteiger partial charge < -0.3 is 0 Å². The van der Waals surface area contributed by atoms with Gasteiger partial charge in [0.1, 0.15) is 0 Å². The number of aryl methyl sites for hydroxylation is 1. The fourth-order valence-corrected chi connectivity index (χ4v) is 4.60. The van der Waals surface area contributed by atoms with Crippen LogP contribution in [0.5, 0.6) is 0 Å². The molecule has 2 aliphatic rings. The Morgan fingerprint density at radius 3 is 2.11 bits per heavy atom. The van der Waals surface area contributed by atoms with Crippen molar-refractivity contribution in [3.8, 4) is 0 Å². The minimum atomic E-state index is -0.146. The number of alkyl halides is 2. The van der Waals surface area contributed by atoms with Gasteiger partial charge in [0, 0.05) is 12.6 Å². The van der Waals surface area contributed by atoms with E-state index in [1.807, 2.05) is 0 Å². The molecule has 3 heteroatoms. The molecule has 0 bridgehead atoms. The van der Waals surface area contributed by atoms with Crippen molar-refractivity contribution in [2.75, 3.05) is 6.54 Å². The maximum Gasteiger partial charge on any atom is 0.0699 e. The standard InChI is InChI=1S/C25H31Cl2N/c1-19(2)28(18-21-7-4-3-5-8-21)16-6-9-20-10-11-22(24(26)12-13-24)23(17-20)25(27)14-15-25/h3-5,7-8,10-11,17,19H,6,9,12-16,18H2,1-2H3. The molecule has 0 spiro atoms. The molecule has 0 aromatic heterocycles. The normalized spacial score (nSPS) is 19.2. The van der Waals surface area contributed by atoms with Gasteiger partial charge in [-0.25, -0.2) is 0 Å². The Kier molecular flexibility index (Phi) is 5.80. The first-order valence-corrected chi connectivity index (χ1v) is 11.4. The second kappa shape index (κ2) is 8.01. The molecule has 2 aliphatic carbocycles. The molecular weight excluding hydrogens is 385 g/mol. The highest BCUT2D eigenvalue weighted by atomic mass is 35.5. The lowest BCUT2D eigenvalue weighted by atomic mass is 9.94. The van der Waals surface area contributed by atoms with Gasteiger partial charge in [-0.05, 0) is 81.2 Å². The molecule has 0 amide bonds. The zero-order valence-electron chi connectivity index (χ0n) is 17.1. The van der Waals surface area contributed by atoms with E-state index in [0.29, 0.717) is 6.04 Å². The lowest BCUT2D eigenvalue weighted by Crippen LogP contribution is -2.31. The van der Waals surface area contributed by atoms with Gasteiger partial charge in [0.2, 0.25) is 0 Å². The molecule has 0 aliphatic heterocycles. The van der Waals surface area contributed by atoms with E-state index >= 15 is 0 Å². The Morgan fingerprint density at radius 1 is 0.857 bits per heavy atom. The number of nitrogens with zero attached hydrogens (tertiary/aromatic N) is 1. The van der Waals surface area contributed by atoms with Crippen molar-refractivity contribution in [1.82, 2.24) is 4.90 Å². The molecule has 2 saturated carbocycles. The van der Waals surface area contributed by atoms with Crippen molar-refractivity contribution in [1.29, 1.82) is 0 Å². The van der Waals surface area contributed by atoms with Gasteiger partial charge in [0.15, 0.2) is 0 Å². The third kappa shape index (κ3) is 4.58. The van der Waals surface area contributed by atoms with Crippen LogP contribution in [0.4, 0.5) is 0 Å². The molecular formula is C25H31Cl2N. The van der Waals surface area contributed by atoms with Gasteiger partial charge in [-0.2, -0.15) is 0 Å². The predicted octanol–water partition coefficient (Wildman–Crippen LogP) is 6.99. The van der Waals surface area contributed by atoms with Crippen molar-refractivity contribution in [2.24, 2.45) is 0 Å². The molecule has 150 valence electrons. The Labute approximate surface area is 180 Å². The Bertz CT molecular complexity index is 807. The molecule has 0 radical (unpaired) electrons. The molecule has 0 atom stereocenters. The highest BCUT2D eigenvalue weighted by molar-refractivity contribution is 6.28. The zero-order valence-corrected chi connectivity index (χ0v) is 18.6. The smallest absolute Gasteiger partial charge is 0.0699 e. The number of benzene rings is 2. The lowest BCUT2D eigenvalue weighted by Gasteiger charge is -2.26. The first-order chi connectivity index (χ1) is 13.4. The maximum absolute atomic E-state index is 6.83. The summed E-state index contributed by atoms with van der Waals surface area (Å²) in [5.74, 6) is 0. The van der Waals surface area contributed by atoms with Crippen molar-refractivity contribution in [3.63, 3.8) is 0 Å². The summed E-state index contributed by atoms with van der Waals surface area (Å²) >= 11 is 13.6. The Hall–Kier alpha value is -1.02. The van der Waals surface area contributed by atoms with E-state index in [0.717, 1.165) is 51.6 Å². The van der Waals surface area contributed by atoms with E-state index in [4.69, 9.17) is 23.2 Å².